The Labute approximate surface area is 160 Å². The average Bonchev–Trinajstić information content (AvgIpc) is 2.65. The van der Waals surface area contributed by atoms with Gasteiger partial charge < -0.3 is 20.1 Å². The summed E-state index contributed by atoms with van der Waals surface area (Å²) in [6.07, 6.45) is 1.65. The van der Waals surface area contributed by atoms with E-state index in [1.54, 1.807) is 30.5 Å². The van der Waals surface area contributed by atoms with Gasteiger partial charge in [0.05, 0.1) is 10.7 Å². The molecule has 0 fully saturated rings. The lowest BCUT2D eigenvalue weighted by Gasteiger charge is -2.19. The first-order valence-electron chi connectivity index (χ1n) is 7.89. The van der Waals surface area contributed by atoms with E-state index in [0.29, 0.717) is 46.5 Å². The molecule has 0 saturated heterocycles. The molecule has 0 spiro atoms. The van der Waals surface area contributed by atoms with E-state index in [4.69, 9.17) is 32.7 Å². The minimum absolute atomic E-state index is 0.400. The average molecular weight is 389 g/mol. The fourth-order valence-electron chi connectivity index (χ4n) is 2.47. The highest BCUT2D eigenvalue weighted by Crippen LogP contribution is 2.33. The number of nitrogens with one attached hydrogen (secondary N) is 2. The van der Waals surface area contributed by atoms with Crippen LogP contribution in [0, 0.1) is 0 Å². The maximum absolute atomic E-state index is 6.17. The fourth-order valence-corrected chi connectivity index (χ4v) is 2.81. The topological polar surface area (TPSA) is 68.3 Å². The van der Waals surface area contributed by atoms with Crippen molar-refractivity contribution in [2.24, 2.45) is 0 Å². The normalized spacial score (nSPS) is 12.5. The third-order valence-corrected chi connectivity index (χ3v) is 4.21. The van der Waals surface area contributed by atoms with Crippen molar-refractivity contribution in [1.29, 1.82) is 0 Å². The van der Waals surface area contributed by atoms with E-state index in [1.165, 1.54) is 0 Å². The quantitative estimate of drug-likeness (QED) is 0.652. The van der Waals surface area contributed by atoms with E-state index in [-0.39, 0.29) is 0 Å². The van der Waals surface area contributed by atoms with Crippen molar-refractivity contribution in [2.75, 3.05) is 23.8 Å². The molecule has 0 atom stereocenters. The second-order valence-electron chi connectivity index (χ2n) is 5.50. The molecule has 1 aliphatic rings. The Balaban J connectivity index is 1.53. The zero-order chi connectivity index (χ0) is 17.9. The number of anilines is 4. The Morgan fingerprint density at radius 1 is 0.885 bits per heavy atom. The summed E-state index contributed by atoms with van der Waals surface area (Å²) in [5, 5.41) is 7.39. The lowest BCUT2D eigenvalue weighted by Crippen LogP contribution is -2.15. The Morgan fingerprint density at radius 3 is 2.62 bits per heavy atom. The smallest absolute Gasteiger partial charge is 0.229 e. The number of fused-ring (bicyclic) bond motifs is 1. The molecular weight excluding hydrogens is 375 g/mol. The Morgan fingerprint density at radius 2 is 1.73 bits per heavy atom. The molecule has 2 N–H and O–H groups in total. The minimum atomic E-state index is 0.400. The lowest BCUT2D eigenvalue weighted by atomic mass is 10.2. The zero-order valence-electron chi connectivity index (χ0n) is 13.5. The van der Waals surface area contributed by atoms with Crippen molar-refractivity contribution >= 4 is 46.3 Å². The van der Waals surface area contributed by atoms with E-state index in [0.717, 1.165) is 11.4 Å². The molecule has 26 heavy (non-hydrogen) atoms. The summed E-state index contributed by atoms with van der Waals surface area (Å²) in [5.74, 6) is 2.47. The molecule has 0 aliphatic carbocycles. The van der Waals surface area contributed by atoms with Crippen LogP contribution < -0.4 is 20.1 Å². The van der Waals surface area contributed by atoms with Gasteiger partial charge in [-0.25, -0.2) is 4.98 Å². The van der Waals surface area contributed by atoms with Gasteiger partial charge >= 0.3 is 0 Å². The number of nitrogens with zero attached hydrogens (tertiary/aromatic N) is 2. The molecule has 6 nitrogen and oxygen atoms in total. The molecular formula is C18H14Cl2N4O2. The number of rotatable bonds is 4. The molecule has 1 aromatic heterocycles. The van der Waals surface area contributed by atoms with Crippen LogP contribution in [0.15, 0.2) is 48.7 Å². The van der Waals surface area contributed by atoms with Gasteiger partial charge in [-0.2, -0.15) is 4.98 Å². The number of aromatic nitrogens is 2. The van der Waals surface area contributed by atoms with Gasteiger partial charge in [0.2, 0.25) is 5.95 Å². The Kier molecular flexibility index (Phi) is 4.69. The first kappa shape index (κ1) is 16.8. The lowest BCUT2D eigenvalue weighted by molar-refractivity contribution is 0.171. The summed E-state index contributed by atoms with van der Waals surface area (Å²) in [4.78, 5) is 8.65. The van der Waals surface area contributed by atoms with Crippen molar-refractivity contribution in [3.05, 3.63) is 58.7 Å². The van der Waals surface area contributed by atoms with Crippen molar-refractivity contribution < 1.29 is 9.47 Å². The van der Waals surface area contributed by atoms with E-state index in [2.05, 4.69) is 20.6 Å². The number of hydrogen-bond acceptors (Lipinski definition) is 6. The summed E-state index contributed by atoms with van der Waals surface area (Å²) >= 11 is 12.2. The highest BCUT2D eigenvalue weighted by molar-refractivity contribution is 6.35. The fraction of sp³-hybridized carbons (Fsp3) is 0.111. The standard InChI is InChI=1S/C18H14Cl2N4O2/c19-11-1-3-13(20)14(9-11)23-18-21-6-5-17(24-18)22-12-2-4-15-16(10-12)26-8-7-25-15/h1-6,9-10H,7-8H2,(H2,21,22,23,24). The molecule has 3 aromatic rings. The summed E-state index contributed by atoms with van der Waals surface area (Å²) in [6.45, 7) is 1.10. The molecule has 4 rings (SSSR count). The predicted octanol–water partition coefficient (Wildman–Crippen LogP) is 5.04. The maximum Gasteiger partial charge on any atom is 0.229 e. The van der Waals surface area contributed by atoms with Crippen LogP contribution in [0.25, 0.3) is 0 Å². The molecule has 0 bridgehead atoms. The highest BCUT2D eigenvalue weighted by Gasteiger charge is 2.12. The van der Waals surface area contributed by atoms with Gasteiger partial charge in [-0.1, -0.05) is 23.2 Å². The second kappa shape index (κ2) is 7.27. The van der Waals surface area contributed by atoms with Crippen molar-refractivity contribution in [1.82, 2.24) is 9.97 Å². The summed E-state index contributed by atoms with van der Waals surface area (Å²) in [6, 6.07) is 12.5. The van der Waals surface area contributed by atoms with Gasteiger partial charge in [0.1, 0.15) is 19.0 Å². The van der Waals surface area contributed by atoms with Crippen molar-refractivity contribution in [2.45, 2.75) is 0 Å². The molecule has 8 heteroatoms. The van der Waals surface area contributed by atoms with E-state index in [1.807, 2.05) is 18.2 Å². The van der Waals surface area contributed by atoms with Gasteiger partial charge in [-0.15, -0.1) is 0 Å². The summed E-state index contributed by atoms with van der Waals surface area (Å²) in [5.41, 5.74) is 1.47. The van der Waals surface area contributed by atoms with E-state index >= 15 is 0 Å². The van der Waals surface area contributed by atoms with Crippen LogP contribution in [0.2, 0.25) is 10.0 Å². The Hall–Kier alpha value is -2.70. The largest absolute Gasteiger partial charge is 0.486 e. The second-order valence-corrected chi connectivity index (χ2v) is 6.34. The SMILES string of the molecule is Clc1ccc(Cl)c(Nc2nccc(Nc3ccc4c(c3)OCCO4)n2)c1. The van der Waals surface area contributed by atoms with Crippen LogP contribution in [0.4, 0.5) is 23.1 Å². The molecule has 0 unspecified atom stereocenters. The molecule has 0 radical (unpaired) electrons. The molecule has 1 aliphatic heterocycles. The predicted molar refractivity (Wildman–Crippen MR) is 102 cm³/mol. The number of hydrogen-bond donors (Lipinski definition) is 2. The molecule has 132 valence electrons. The first-order valence-corrected chi connectivity index (χ1v) is 8.65. The molecule has 2 aromatic carbocycles. The van der Waals surface area contributed by atoms with E-state index < -0.39 is 0 Å². The van der Waals surface area contributed by atoms with Crippen LogP contribution in [0.5, 0.6) is 11.5 Å². The van der Waals surface area contributed by atoms with E-state index in [9.17, 15) is 0 Å². The van der Waals surface area contributed by atoms with Gasteiger partial charge in [-0.05, 0) is 36.4 Å². The maximum atomic E-state index is 6.17. The summed E-state index contributed by atoms with van der Waals surface area (Å²) in [7, 11) is 0. The van der Waals surface area contributed by atoms with Crippen molar-refractivity contribution in [3.63, 3.8) is 0 Å². The van der Waals surface area contributed by atoms with Crippen molar-refractivity contribution in [3.8, 4) is 11.5 Å². The van der Waals surface area contributed by atoms with Crippen LogP contribution in [-0.4, -0.2) is 23.2 Å². The molecule has 2 heterocycles. The first-order chi connectivity index (χ1) is 12.7. The molecule has 0 amide bonds. The number of benzene rings is 2. The minimum Gasteiger partial charge on any atom is -0.486 e. The zero-order valence-corrected chi connectivity index (χ0v) is 15.0. The highest BCUT2D eigenvalue weighted by atomic mass is 35.5. The van der Waals surface area contributed by atoms with Crippen LogP contribution in [-0.2, 0) is 0 Å². The third kappa shape index (κ3) is 3.76. The number of ether oxygens (including phenoxy) is 2. The Bertz CT molecular complexity index is 952. The third-order valence-electron chi connectivity index (χ3n) is 3.65. The van der Waals surface area contributed by atoms with Gasteiger partial charge in [0.25, 0.3) is 0 Å². The number of halogens is 2. The summed E-state index contributed by atoms with van der Waals surface area (Å²) < 4.78 is 11.1. The van der Waals surface area contributed by atoms with Crippen LogP contribution >= 0.6 is 23.2 Å². The van der Waals surface area contributed by atoms with Crippen LogP contribution in [0.3, 0.4) is 0 Å². The monoisotopic (exact) mass is 388 g/mol. The van der Waals surface area contributed by atoms with Gasteiger partial charge in [0, 0.05) is 23.0 Å². The van der Waals surface area contributed by atoms with Gasteiger partial charge in [0.15, 0.2) is 11.5 Å². The molecule has 0 saturated carbocycles. The van der Waals surface area contributed by atoms with Crippen LogP contribution in [0.1, 0.15) is 0 Å². The van der Waals surface area contributed by atoms with Gasteiger partial charge in [-0.3, -0.25) is 0 Å².